The molecule has 138 valence electrons. The number of halogens is 1. The molecule has 0 aliphatic heterocycles. The van der Waals surface area contributed by atoms with E-state index in [4.69, 9.17) is 0 Å². The lowest BCUT2D eigenvalue weighted by molar-refractivity contribution is 0.102. The number of nitrogens with one attached hydrogen (secondary N) is 2. The summed E-state index contributed by atoms with van der Waals surface area (Å²) in [4.78, 5) is 12.3. The van der Waals surface area contributed by atoms with Crippen molar-refractivity contribution in [2.45, 2.75) is 11.8 Å². The predicted octanol–water partition coefficient (Wildman–Crippen LogP) is 4.19. The second kappa shape index (κ2) is 7.59. The molecule has 2 N–H and O–H groups in total. The Labute approximate surface area is 156 Å². The normalized spacial score (nSPS) is 11.0. The Balaban J connectivity index is 1.72. The minimum absolute atomic E-state index is 0.0756. The molecule has 0 saturated heterocycles. The molecular formula is C20H17FN2O3S. The van der Waals surface area contributed by atoms with E-state index in [1.165, 1.54) is 54.6 Å². The van der Waals surface area contributed by atoms with Crippen LogP contribution in [0.2, 0.25) is 0 Å². The molecule has 0 aromatic heterocycles. The standard InChI is InChI=1S/C20H17FN2O3S/c1-14-6-12-17(13-7-14)27(25,26)23-16-10-8-15(9-11-16)20(24)22-19-5-3-2-4-18(19)21/h2-13,23H,1H3,(H,22,24). The molecule has 5 nitrogen and oxygen atoms in total. The van der Waals surface area contributed by atoms with E-state index in [0.717, 1.165) is 5.56 Å². The van der Waals surface area contributed by atoms with Crippen molar-refractivity contribution in [2.24, 2.45) is 0 Å². The van der Waals surface area contributed by atoms with Gasteiger partial charge in [0.25, 0.3) is 15.9 Å². The number of anilines is 2. The van der Waals surface area contributed by atoms with Crippen molar-refractivity contribution in [2.75, 3.05) is 10.0 Å². The summed E-state index contributed by atoms with van der Waals surface area (Å²) in [6.45, 7) is 1.87. The van der Waals surface area contributed by atoms with Crippen LogP contribution in [0.3, 0.4) is 0 Å². The van der Waals surface area contributed by atoms with E-state index < -0.39 is 21.7 Å². The Bertz CT molecular complexity index is 1060. The van der Waals surface area contributed by atoms with Gasteiger partial charge in [0.15, 0.2) is 0 Å². The smallest absolute Gasteiger partial charge is 0.261 e. The summed E-state index contributed by atoms with van der Waals surface area (Å²) in [6, 6.07) is 18.2. The number of carbonyl (C=O) groups excluding carboxylic acids is 1. The quantitative estimate of drug-likeness (QED) is 0.693. The first-order valence-corrected chi connectivity index (χ1v) is 9.59. The average Bonchev–Trinajstić information content (AvgIpc) is 2.64. The number of sulfonamides is 1. The van der Waals surface area contributed by atoms with E-state index in [2.05, 4.69) is 10.0 Å². The highest BCUT2D eigenvalue weighted by molar-refractivity contribution is 7.92. The number of para-hydroxylation sites is 1. The second-order valence-corrected chi connectivity index (χ2v) is 7.61. The molecule has 3 aromatic rings. The fraction of sp³-hybridized carbons (Fsp3) is 0.0500. The third kappa shape index (κ3) is 4.51. The van der Waals surface area contributed by atoms with Gasteiger partial charge in [0.2, 0.25) is 0 Å². The fourth-order valence-electron chi connectivity index (χ4n) is 2.38. The van der Waals surface area contributed by atoms with E-state index in [0.29, 0.717) is 5.69 Å². The lowest BCUT2D eigenvalue weighted by atomic mass is 10.2. The van der Waals surface area contributed by atoms with Gasteiger partial charge in [-0.2, -0.15) is 0 Å². The Morgan fingerprint density at radius 3 is 2.15 bits per heavy atom. The third-order valence-electron chi connectivity index (χ3n) is 3.85. The first-order valence-electron chi connectivity index (χ1n) is 8.10. The van der Waals surface area contributed by atoms with Crippen molar-refractivity contribution in [1.82, 2.24) is 0 Å². The number of benzene rings is 3. The van der Waals surface area contributed by atoms with Crippen molar-refractivity contribution >= 4 is 27.3 Å². The topological polar surface area (TPSA) is 75.3 Å². The number of aryl methyl sites for hydroxylation is 1. The van der Waals surface area contributed by atoms with Crippen LogP contribution in [-0.4, -0.2) is 14.3 Å². The van der Waals surface area contributed by atoms with Crippen molar-refractivity contribution < 1.29 is 17.6 Å². The van der Waals surface area contributed by atoms with Crippen molar-refractivity contribution in [3.05, 3.63) is 89.7 Å². The zero-order valence-corrected chi connectivity index (χ0v) is 15.3. The van der Waals surface area contributed by atoms with Crippen molar-refractivity contribution in [1.29, 1.82) is 0 Å². The zero-order chi connectivity index (χ0) is 19.4. The number of carbonyl (C=O) groups is 1. The minimum Gasteiger partial charge on any atom is -0.319 e. The van der Waals surface area contributed by atoms with Gasteiger partial charge in [-0.25, -0.2) is 12.8 Å². The highest BCUT2D eigenvalue weighted by Crippen LogP contribution is 2.18. The van der Waals surface area contributed by atoms with E-state index >= 15 is 0 Å². The maximum atomic E-state index is 13.6. The van der Waals surface area contributed by atoms with Gasteiger partial charge >= 0.3 is 0 Å². The van der Waals surface area contributed by atoms with Gasteiger partial charge in [0.05, 0.1) is 10.6 Å². The highest BCUT2D eigenvalue weighted by atomic mass is 32.2. The summed E-state index contributed by atoms with van der Waals surface area (Å²) >= 11 is 0. The second-order valence-electron chi connectivity index (χ2n) is 5.93. The molecule has 7 heteroatoms. The predicted molar refractivity (Wildman–Crippen MR) is 103 cm³/mol. The molecule has 0 bridgehead atoms. The minimum atomic E-state index is -3.72. The maximum absolute atomic E-state index is 13.6. The maximum Gasteiger partial charge on any atom is 0.261 e. The summed E-state index contributed by atoms with van der Waals surface area (Å²) in [6.07, 6.45) is 0. The summed E-state index contributed by atoms with van der Waals surface area (Å²) in [7, 11) is -3.72. The zero-order valence-electron chi connectivity index (χ0n) is 14.4. The first-order chi connectivity index (χ1) is 12.8. The monoisotopic (exact) mass is 384 g/mol. The number of hydrogen-bond acceptors (Lipinski definition) is 3. The van der Waals surface area contributed by atoms with Crippen LogP contribution in [0.4, 0.5) is 15.8 Å². The van der Waals surface area contributed by atoms with Crippen LogP contribution < -0.4 is 10.0 Å². The molecule has 0 unspecified atom stereocenters. The average molecular weight is 384 g/mol. The van der Waals surface area contributed by atoms with Gasteiger partial charge in [-0.05, 0) is 55.5 Å². The van der Waals surface area contributed by atoms with Crippen LogP contribution in [0.1, 0.15) is 15.9 Å². The fourth-order valence-corrected chi connectivity index (χ4v) is 3.44. The van der Waals surface area contributed by atoms with Gasteiger partial charge in [-0.15, -0.1) is 0 Å². The molecule has 0 aliphatic rings. The Morgan fingerprint density at radius 2 is 1.52 bits per heavy atom. The van der Waals surface area contributed by atoms with Crippen LogP contribution in [0.5, 0.6) is 0 Å². The van der Waals surface area contributed by atoms with Gasteiger partial charge < -0.3 is 5.32 Å². The Kier molecular flexibility index (Phi) is 5.23. The molecule has 0 atom stereocenters. The molecule has 0 radical (unpaired) electrons. The van der Waals surface area contributed by atoms with Crippen molar-refractivity contribution in [3.63, 3.8) is 0 Å². The molecule has 0 heterocycles. The summed E-state index contributed by atoms with van der Waals surface area (Å²) in [5.41, 5.74) is 1.63. The number of amides is 1. The number of rotatable bonds is 5. The van der Waals surface area contributed by atoms with Crippen LogP contribution in [-0.2, 0) is 10.0 Å². The molecule has 3 aromatic carbocycles. The highest BCUT2D eigenvalue weighted by Gasteiger charge is 2.14. The van der Waals surface area contributed by atoms with Crippen LogP contribution >= 0.6 is 0 Å². The van der Waals surface area contributed by atoms with E-state index in [9.17, 15) is 17.6 Å². The summed E-state index contributed by atoms with van der Waals surface area (Å²) in [5, 5.41) is 2.47. The molecule has 0 fully saturated rings. The number of hydrogen-bond donors (Lipinski definition) is 2. The SMILES string of the molecule is Cc1ccc(S(=O)(=O)Nc2ccc(C(=O)Nc3ccccc3F)cc2)cc1. The Morgan fingerprint density at radius 1 is 0.889 bits per heavy atom. The van der Waals surface area contributed by atoms with Crippen molar-refractivity contribution in [3.8, 4) is 0 Å². The van der Waals surface area contributed by atoms with E-state index in [-0.39, 0.29) is 16.1 Å². The van der Waals surface area contributed by atoms with Gasteiger partial charge in [-0.1, -0.05) is 29.8 Å². The lowest BCUT2D eigenvalue weighted by Crippen LogP contribution is -2.14. The van der Waals surface area contributed by atoms with E-state index in [1.807, 2.05) is 6.92 Å². The van der Waals surface area contributed by atoms with Gasteiger partial charge in [-0.3, -0.25) is 9.52 Å². The third-order valence-corrected chi connectivity index (χ3v) is 5.25. The molecule has 1 amide bonds. The largest absolute Gasteiger partial charge is 0.319 e. The van der Waals surface area contributed by atoms with E-state index in [1.54, 1.807) is 18.2 Å². The molecule has 0 spiro atoms. The van der Waals surface area contributed by atoms with Gasteiger partial charge in [0.1, 0.15) is 5.82 Å². The Hall–Kier alpha value is -3.19. The first kappa shape index (κ1) is 18.6. The molecule has 3 rings (SSSR count). The van der Waals surface area contributed by atoms with Crippen LogP contribution in [0.25, 0.3) is 0 Å². The molecule has 27 heavy (non-hydrogen) atoms. The van der Waals surface area contributed by atoms with Crippen LogP contribution in [0.15, 0.2) is 77.7 Å². The summed E-state index contributed by atoms with van der Waals surface area (Å²) < 4.78 is 40.8. The van der Waals surface area contributed by atoms with Crippen LogP contribution in [0, 0.1) is 12.7 Å². The van der Waals surface area contributed by atoms with Gasteiger partial charge in [0, 0.05) is 11.3 Å². The molecule has 0 aliphatic carbocycles. The lowest BCUT2D eigenvalue weighted by Gasteiger charge is -2.10. The molecular weight excluding hydrogens is 367 g/mol. The summed E-state index contributed by atoms with van der Waals surface area (Å²) in [5.74, 6) is -1.03. The molecule has 0 saturated carbocycles.